The molecule has 0 radical (unpaired) electrons. The Morgan fingerprint density at radius 3 is 2.09 bits per heavy atom. The summed E-state index contributed by atoms with van der Waals surface area (Å²) < 4.78 is 0. The molecule has 0 saturated heterocycles. The summed E-state index contributed by atoms with van der Waals surface area (Å²) in [5, 5.41) is 34.3. The minimum absolute atomic E-state index is 0.428. The predicted octanol–water partition coefficient (Wildman–Crippen LogP) is -0.745. The van der Waals surface area contributed by atoms with Crippen molar-refractivity contribution in [1.29, 1.82) is 0 Å². The molecule has 0 heterocycles. The van der Waals surface area contributed by atoms with Crippen LogP contribution in [0.15, 0.2) is 11.8 Å². The monoisotopic (exact) mass is 162 g/mol. The van der Waals surface area contributed by atoms with Gasteiger partial charge in [0.25, 0.3) is 0 Å². The van der Waals surface area contributed by atoms with Gasteiger partial charge in [0.2, 0.25) is 0 Å². The Morgan fingerprint density at radius 1 is 1.36 bits per heavy atom. The number of aliphatic carboxylic acids is 1. The molecule has 0 saturated carbocycles. The number of hydrogen-bond acceptors (Lipinski definition) is 4. The largest absolute Gasteiger partial charge is 0.509 e. The molecular weight excluding hydrogens is 152 g/mol. The van der Waals surface area contributed by atoms with E-state index in [9.17, 15) is 4.79 Å². The molecule has 11 heavy (non-hydrogen) atoms. The van der Waals surface area contributed by atoms with Crippen molar-refractivity contribution in [3.05, 3.63) is 11.8 Å². The van der Waals surface area contributed by atoms with E-state index in [0.29, 0.717) is 6.08 Å². The Hall–Kier alpha value is -1.07. The van der Waals surface area contributed by atoms with Gasteiger partial charge < -0.3 is 20.4 Å². The second kappa shape index (κ2) is 3.95. The minimum atomic E-state index is -1.54. The fourth-order valence-electron chi connectivity index (χ4n) is 0.459. The van der Waals surface area contributed by atoms with Gasteiger partial charge >= 0.3 is 5.97 Å². The number of hydrogen-bond donors (Lipinski definition) is 4. The fourth-order valence-corrected chi connectivity index (χ4v) is 0.459. The van der Waals surface area contributed by atoms with Gasteiger partial charge in [-0.25, -0.2) is 4.79 Å². The second-order valence-corrected chi connectivity index (χ2v) is 2.09. The summed E-state index contributed by atoms with van der Waals surface area (Å²) in [7, 11) is 0. The van der Waals surface area contributed by atoms with Gasteiger partial charge in [0.05, 0.1) is 12.2 Å². The molecular formula is C6H10O5. The summed E-state index contributed by atoms with van der Waals surface area (Å²) >= 11 is 0. The van der Waals surface area contributed by atoms with E-state index < -0.39 is 23.9 Å². The number of carbonyl (C=O) groups is 1. The van der Waals surface area contributed by atoms with Crippen molar-refractivity contribution in [2.45, 2.75) is 19.1 Å². The first-order valence-corrected chi connectivity index (χ1v) is 2.94. The number of aliphatic hydroxyl groups excluding tert-OH is 3. The third kappa shape index (κ3) is 3.59. The molecule has 0 bridgehead atoms. The van der Waals surface area contributed by atoms with Gasteiger partial charge in [-0.15, -0.1) is 0 Å². The number of aliphatic hydroxyl groups is 3. The first kappa shape index (κ1) is 9.93. The summed E-state index contributed by atoms with van der Waals surface area (Å²) in [6, 6.07) is 0. The van der Waals surface area contributed by atoms with Gasteiger partial charge in [0.1, 0.15) is 11.9 Å². The van der Waals surface area contributed by atoms with E-state index in [4.69, 9.17) is 20.4 Å². The quantitative estimate of drug-likeness (QED) is 0.323. The normalized spacial score (nSPS) is 17.5. The van der Waals surface area contributed by atoms with Crippen LogP contribution in [0.2, 0.25) is 0 Å². The van der Waals surface area contributed by atoms with Crippen molar-refractivity contribution in [2.24, 2.45) is 0 Å². The Morgan fingerprint density at radius 2 is 1.82 bits per heavy atom. The first-order valence-electron chi connectivity index (χ1n) is 2.94. The van der Waals surface area contributed by atoms with Crippen LogP contribution in [0.3, 0.4) is 0 Å². The first-order chi connectivity index (χ1) is 4.95. The van der Waals surface area contributed by atoms with Crippen molar-refractivity contribution in [1.82, 2.24) is 0 Å². The molecule has 0 aromatic heterocycles. The molecule has 0 aliphatic carbocycles. The third-order valence-corrected chi connectivity index (χ3v) is 1.03. The van der Waals surface area contributed by atoms with Crippen LogP contribution in [-0.2, 0) is 4.79 Å². The number of rotatable bonds is 3. The molecule has 0 aliphatic rings. The van der Waals surface area contributed by atoms with Crippen LogP contribution >= 0.6 is 0 Å². The van der Waals surface area contributed by atoms with Crippen LogP contribution < -0.4 is 0 Å². The molecule has 2 atom stereocenters. The van der Waals surface area contributed by atoms with Crippen molar-refractivity contribution >= 4 is 5.97 Å². The van der Waals surface area contributed by atoms with Gasteiger partial charge in [-0.2, -0.15) is 0 Å². The molecule has 0 aromatic carbocycles. The Bertz CT molecular complexity index is 172. The van der Waals surface area contributed by atoms with Crippen molar-refractivity contribution in [3.63, 3.8) is 0 Å². The van der Waals surface area contributed by atoms with E-state index in [1.54, 1.807) is 0 Å². The Kier molecular flexibility index (Phi) is 3.56. The lowest BCUT2D eigenvalue weighted by atomic mass is 10.2. The number of carboxylic acid groups (broad SMARTS) is 1. The molecule has 0 rings (SSSR count). The SMILES string of the molecule is C[C@@H](O)[C@H](O)/C(O)=C/C(=O)O. The minimum Gasteiger partial charge on any atom is -0.509 e. The molecule has 5 nitrogen and oxygen atoms in total. The summed E-state index contributed by atoms with van der Waals surface area (Å²) in [6.07, 6.45) is -2.30. The summed E-state index contributed by atoms with van der Waals surface area (Å²) in [5.74, 6) is -2.13. The van der Waals surface area contributed by atoms with Gasteiger partial charge in [-0.05, 0) is 6.92 Å². The highest BCUT2D eigenvalue weighted by Crippen LogP contribution is 2.02. The van der Waals surface area contributed by atoms with Gasteiger partial charge in [0, 0.05) is 0 Å². The van der Waals surface area contributed by atoms with E-state index in [1.807, 2.05) is 0 Å². The summed E-state index contributed by atoms with van der Waals surface area (Å²) in [6.45, 7) is 1.23. The predicted molar refractivity (Wildman–Crippen MR) is 36.0 cm³/mol. The molecule has 0 unspecified atom stereocenters. The molecule has 64 valence electrons. The zero-order valence-corrected chi connectivity index (χ0v) is 5.93. The van der Waals surface area contributed by atoms with Crippen molar-refractivity contribution in [2.75, 3.05) is 0 Å². The van der Waals surface area contributed by atoms with Crippen LogP contribution in [0, 0.1) is 0 Å². The fraction of sp³-hybridized carbons (Fsp3) is 0.500. The van der Waals surface area contributed by atoms with E-state index in [0.717, 1.165) is 0 Å². The van der Waals surface area contributed by atoms with E-state index >= 15 is 0 Å². The van der Waals surface area contributed by atoms with Gasteiger partial charge in [0.15, 0.2) is 0 Å². The van der Waals surface area contributed by atoms with Crippen LogP contribution in [0.1, 0.15) is 6.92 Å². The van der Waals surface area contributed by atoms with Crippen LogP contribution in [0.5, 0.6) is 0 Å². The molecule has 0 fully saturated rings. The smallest absolute Gasteiger partial charge is 0.331 e. The average molecular weight is 162 g/mol. The lowest BCUT2D eigenvalue weighted by molar-refractivity contribution is -0.131. The van der Waals surface area contributed by atoms with Crippen LogP contribution in [0.25, 0.3) is 0 Å². The second-order valence-electron chi connectivity index (χ2n) is 2.09. The lowest BCUT2D eigenvalue weighted by Crippen LogP contribution is -2.25. The molecule has 5 heteroatoms. The molecule has 4 N–H and O–H groups in total. The summed E-state index contributed by atoms with van der Waals surface area (Å²) in [4.78, 5) is 9.91. The van der Waals surface area contributed by atoms with E-state index in [-0.39, 0.29) is 0 Å². The van der Waals surface area contributed by atoms with E-state index in [1.165, 1.54) is 6.92 Å². The molecule has 0 amide bonds. The Balaban J connectivity index is 4.23. The zero-order chi connectivity index (χ0) is 9.02. The van der Waals surface area contributed by atoms with Gasteiger partial charge in [-0.3, -0.25) is 0 Å². The van der Waals surface area contributed by atoms with Crippen molar-refractivity contribution in [3.8, 4) is 0 Å². The maximum Gasteiger partial charge on any atom is 0.331 e. The summed E-state index contributed by atoms with van der Waals surface area (Å²) in [5.41, 5.74) is 0. The van der Waals surface area contributed by atoms with E-state index in [2.05, 4.69) is 0 Å². The topological polar surface area (TPSA) is 98.0 Å². The lowest BCUT2D eigenvalue weighted by Gasteiger charge is -2.11. The highest BCUT2D eigenvalue weighted by Gasteiger charge is 2.16. The highest BCUT2D eigenvalue weighted by molar-refractivity contribution is 5.80. The standard InChI is InChI=1S/C6H10O5/c1-3(7)6(11)4(8)2-5(9)10/h2-3,6-8,11H,1H3,(H,9,10)/b4-2-/t3-,6+/m1/s1. The van der Waals surface area contributed by atoms with Crippen molar-refractivity contribution < 1.29 is 25.2 Å². The Labute approximate surface area is 63.2 Å². The molecule has 0 spiro atoms. The zero-order valence-electron chi connectivity index (χ0n) is 5.93. The molecule has 0 aliphatic heterocycles. The molecule has 0 aromatic rings. The third-order valence-electron chi connectivity index (χ3n) is 1.03. The van der Waals surface area contributed by atoms with Crippen LogP contribution in [0.4, 0.5) is 0 Å². The van der Waals surface area contributed by atoms with Crippen LogP contribution in [-0.4, -0.2) is 38.6 Å². The average Bonchev–Trinajstić information content (AvgIpc) is 1.84. The highest BCUT2D eigenvalue weighted by atomic mass is 16.4. The maximum absolute atomic E-state index is 9.91. The number of carboxylic acids is 1. The maximum atomic E-state index is 9.91. The van der Waals surface area contributed by atoms with Gasteiger partial charge in [-0.1, -0.05) is 0 Å².